The number of nitrogens with one attached hydrogen (secondary N) is 1. The van der Waals surface area contributed by atoms with E-state index in [4.69, 9.17) is 9.47 Å². The predicted octanol–water partition coefficient (Wildman–Crippen LogP) is 3.77. The summed E-state index contributed by atoms with van der Waals surface area (Å²) in [5.74, 6) is -0.406. The van der Waals surface area contributed by atoms with Gasteiger partial charge in [-0.15, -0.1) is 0 Å². The van der Waals surface area contributed by atoms with Crippen LogP contribution in [0.15, 0.2) is 28.7 Å². The highest BCUT2D eigenvalue weighted by molar-refractivity contribution is 9.10. The monoisotopic (exact) mass is 357 g/mol. The Kier molecular flexibility index (Phi) is 3.59. The Morgan fingerprint density at radius 2 is 1.86 bits per heavy atom. The Morgan fingerprint density at radius 3 is 2.57 bits per heavy atom. The summed E-state index contributed by atoms with van der Waals surface area (Å²) in [7, 11) is 0. The Bertz CT molecular complexity index is 686. The molecule has 3 rings (SSSR count). The van der Waals surface area contributed by atoms with Gasteiger partial charge in [-0.3, -0.25) is 0 Å². The number of hydrogen-bond donors (Lipinski definition) is 2. The first-order valence-corrected chi connectivity index (χ1v) is 6.84. The fourth-order valence-electron chi connectivity index (χ4n) is 2.01. The van der Waals surface area contributed by atoms with Crippen LogP contribution in [0.5, 0.6) is 17.2 Å². The molecule has 0 fully saturated rings. The summed E-state index contributed by atoms with van der Waals surface area (Å²) in [6.07, 6.45) is 0. The van der Waals surface area contributed by atoms with E-state index in [-0.39, 0.29) is 29.2 Å². The van der Waals surface area contributed by atoms with Crippen molar-refractivity contribution in [3.05, 3.63) is 45.9 Å². The molecule has 0 spiro atoms. The summed E-state index contributed by atoms with van der Waals surface area (Å²) in [6, 6.07) is 4.99. The molecule has 2 aromatic carbocycles. The maximum atomic E-state index is 13.7. The number of hydrogen-bond acceptors (Lipinski definition) is 4. The van der Waals surface area contributed by atoms with Crippen molar-refractivity contribution < 1.29 is 23.4 Å². The minimum Gasteiger partial charge on any atom is -0.507 e. The molecule has 4 nitrogen and oxygen atoms in total. The van der Waals surface area contributed by atoms with Crippen molar-refractivity contribution in [1.29, 1.82) is 0 Å². The molecule has 0 aliphatic carbocycles. The molecule has 0 aromatic heterocycles. The zero-order valence-electron chi connectivity index (χ0n) is 10.6. The Hall–Kier alpha value is -2.02. The molecule has 0 saturated heterocycles. The van der Waals surface area contributed by atoms with E-state index < -0.39 is 11.6 Å². The maximum Gasteiger partial charge on any atom is 0.231 e. The number of halogens is 3. The van der Waals surface area contributed by atoms with E-state index in [2.05, 4.69) is 21.2 Å². The van der Waals surface area contributed by atoms with E-state index in [1.54, 1.807) is 6.07 Å². The van der Waals surface area contributed by atoms with E-state index in [9.17, 15) is 13.9 Å². The molecule has 1 aliphatic rings. The molecule has 0 saturated carbocycles. The molecule has 21 heavy (non-hydrogen) atoms. The third-order valence-electron chi connectivity index (χ3n) is 3.04. The lowest BCUT2D eigenvalue weighted by atomic mass is 10.1. The van der Waals surface area contributed by atoms with Crippen molar-refractivity contribution >= 4 is 21.6 Å². The normalized spacial score (nSPS) is 12.5. The second-order valence-electron chi connectivity index (χ2n) is 4.43. The summed E-state index contributed by atoms with van der Waals surface area (Å²) < 4.78 is 37.3. The van der Waals surface area contributed by atoms with Crippen LogP contribution in [-0.4, -0.2) is 11.9 Å². The van der Waals surface area contributed by atoms with E-state index in [1.807, 2.05) is 0 Å². The first kappa shape index (κ1) is 13.9. The van der Waals surface area contributed by atoms with Crippen LogP contribution in [0, 0.1) is 11.6 Å². The summed E-state index contributed by atoms with van der Waals surface area (Å²) in [5, 5.41) is 12.7. The van der Waals surface area contributed by atoms with Gasteiger partial charge in [0.1, 0.15) is 17.4 Å². The summed E-state index contributed by atoms with van der Waals surface area (Å²) in [4.78, 5) is 0. The van der Waals surface area contributed by atoms with Crippen LogP contribution >= 0.6 is 15.9 Å². The maximum absolute atomic E-state index is 13.7. The van der Waals surface area contributed by atoms with Crippen LogP contribution in [0.4, 0.5) is 14.5 Å². The molecule has 2 aromatic rings. The minimum absolute atomic E-state index is 0.00499. The third-order valence-corrected chi connectivity index (χ3v) is 3.66. The van der Waals surface area contributed by atoms with Crippen LogP contribution in [0.2, 0.25) is 0 Å². The highest BCUT2D eigenvalue weighted by Gasteiger charge is 2.17. The highest BCUT2D eigenvalue weighted by atomic mass is 79.9. The second-order valence-corrected chi connectivity index (χ2v) is 5.29. The van der Waals surface area contributed by atoms with Gasteiger partial charge >= 0.3 is 0 Å². The highest BCUT2D eigenvalue weighted by Crippen LogP contribution is 2.38. The van der Waals surface area contributed by atoms with Crippen LogP contribution in [0.1, 0.15) is 5.56 Å². The first-order valence-electron chi connectivity index (χ1n) is 6.04. The fourth-order valence-corrected chi connectivity index (χ4v) is 2.56. The molecule has 110 valence electrons. The fraction of sp³-hybridized carbons (Fsp3) is 0.143. The Balaban J connectivity index is 1.83. The Labute approximate surface area is 127 Å². The zero-order valence-corrected chi connectivity index (χ0v) is 12.2. The number of benzene rings is 2. The van der Waals surface area contributed by atoms with Gasteiger partial charge in [0.05, 0.1) is 5.69 Å². The number of phenolic OH excluding ortho intramolecular Hbond substituents is 1. The number of rotatable bonds is 3. The average molecular weight is 358 g/mol. The lowest BCUT2D eigenvalue weighted by molar-refractivity contribution is 0.174. The predicted molar refractivity (Wildman–Crippen MR) is 75.6 cm³/mol. The van der Waals surface area contributed by atoms with Crippen molar-refractivity contribution in [2.45, 2.75) is 6.54 Å². The van der Waals surface area contributed by atoms with Crippen molar-refractivity contribution in [3.8, 4) is 17.2 Å². The SMILES string of the molecule is Oc1cc2c(cc1CNc1c(F)cc(F)cc1Br)OCO2. The second kappa shape index (κ2) is 5.40. The van der Waals surface area contributed by atoms with Crippen LogP contribution < -0.4 is 14.8 Å². The smallest absolute Gasteiger partial charge is 0.231 e. The molecule has 0 amide bonds. The van der Waals surface area contributed by atoms with Gasteiger partial charge in [0, 0.05) is 28.7 Å². The van der Waals surface area contributed by atoms with E-state index in [1.165, 1.54) is 6.07 Å². The lowest BCUT2D eigenvalue weighted by Crippen LogP contribution is -2.03. The molecule has 0 bridgehead atoms. The number of anilines is 1. The summed E-state index contributed by atoms with van der Waals surface area (Å²) >= 11 is 3.09. The zero-order chi connectivity index (χ0) is 15.0. The minimum atomic E-state index is -0.720. The number of aromatic hydroxyl groups is 1. The van der Waals surface area contributed by atoms with Gasteiger partial charge in [0.25, 0.3) is 0 Å². The molecule has 1 heterocycles. The van der Waals surface area contributed by atoms with Crippen molar-refractivity contribution in [1.82, 2.24) is 0 Å². The lowest BCUT2D eigenvalue weighted by Gasteiger charge is -2.11. The molecule has 7 heteroatoms. The van der Waals surface area contributed by atoms with E-state index >= 15 is 0 Å². The van der Waals surface area contributed by atoms with Gasteiger partial charge in [-0.2, -0.15) is 0 Å². The van der Waals surface area contributed by atoms with E-state index in [0.717, 1.165) is 12.1 Å². The number of fused-ring (bicyclic) bond motifs is 1. The molecule has 0 unspecified atom stereocenters. The molecule has 0 atom stereocenters. The summed E-state index contributed by atoms with van der Waals surface area (Å²) in [6.45, 7) is 0.243. The van der Waals surface area contributed by atoms with Gasteiger partial charge in [-0.05, 0) is 28.1 Å². The van der Waals surface area contributed by atoms with Crippen molar-refractivity contribution in [2.75, 3.05) is 12.1 Å². The molecule has 2 N–H and O–H groups in total. The first-order chi connectivity index (χ1) is 10.0. The number of ether oxygens (including phenoxy) is 2. The molecular weight excluding hydrogens is 348 g/mol. The number of phenols is 1. The van der Waals surface area contributed by atoms with Crippen molar-refractivity contribution in [3.63, 3.8) is 0 Å². The molecule has 0 radical (unpaired) electrons. The summed E-state index contributed by atoms with van der Waals surface area (Å²) in [5.41, 5.74) is 0.628. The molecule has 1 aliphatic heterocycles. The van der Waals surface area contributed by atoms with Gasteiger partial charge < -0.3 is 19.9 Å². The standard InChI is InChI=1S/C14H10BrF2NO3/c15-9-2-8(16)3-10(17)14(9)18-5-7-1-12-13(4-11(7)19)21-6-20-12/h1-4,18-19H,5-6H2. The van der Waals surface area contributed by atoms with Crippen LogP contribution in [-0.2, 0) is 6.54 Å². The molecular formula is C14H10BrF2NO3. The van der Waals surface area contributed by atoms with Gasteiger partial charge in [-0.1, -0.05) is 0 Å². The van der Waals surface area contributed by atoms with Gasteiger partial charge in [-0.25, -0.2) is 8.78 Å². The van der Waals surface area contributed by atoms with Crippen LogP contribution in [0.25, 0.3) is 0 Å². The van der Waals surface area contributed by atoms with Gasteiger partial charge in [0.15, 0.2) is 11.5 Å². The van der Waals surface area contributed by atoms with E-state index in [0.29, 0.717) is 17.1 Å². The Morgan fingerprint density at radius 1 is 1.14 bits per heavy atom. The largest absolute Gasteiger partial charge is 0.507 e. The van der Waals surface area contributed by atoms with Gasteiger partial charge in [0.2, 0.25) is 6.79 Å². The quantitative estimate of drug-likeness (QED) is 0.877. The topological polar surface area (TPSA) is 50.7 Å². The van der Waals surface area contributed by atoms with Crippen molar-refractivity contribution in [2.24, 2.45) is 0 Å². The van der Waals surface area contributed by atoms with Crippen LogP contribution in [0.3, 0.4) is 0 Å². The third kappa shape index (κ3) is 2.73. The average Bonchev–Trinajstić information content (AvgIpc) is 2.84.